The molecule has 3 nitrogen and oxygen atoms in total. The lowest BCUT2D eigenvalue weighted by atomic mass is 10.3. The summed E-state index contributed by atoms with van der Waals surface area (Å²) in [6, 6.07) is 0. The molecule has 0 aromatic rings. The summed E-state index contributed by atoms with van der Waals surface area (Å²) in [6.07, 6.45) is 1.59. The van der Waals surface area contributed by atoms with Gasteiger partial charge in [0.25, 0.3) is 0 Å². The van der Waals surface area contributed by atoms with E-state index in [9.17, 15) is 4.79 Å². The predicted octanol–water partition coefficient (Wildman–Crippen LogP) is 0.594. The van der Waals surface area contributed by atoms with E-state index < -0.39 is 0 Å². The molecular formula is C8H18N2O. The van der Waals surface area contributed by atoms with Gasteiger partial charge in [0.05, 0.1) is 0 Å². The minimum Gasteiger partial charge on any atom is -0.341 e. The van der Waals surface area contributed by atoms with Gasteiger partial charge in [0.1, 0.15) is 0 Å². The Kier molecular flexibility index (Phi) is 5.84. The molecule has 0 bridgehead atoms. The van der Waals surface area contributed by atoms with Gasteiger partial charge < -0.3 is 10.6 Å². The molecule has 2 N–H and O–H groups in total. The molecule has 0 aromatic heterocycles. The molecule has 0 aliphatic heterocycles. The van der Waals surface area contributed by atoms with Gasteiger partial charge in [-0.25, -0.2) is 0 Å². The summed E-state index contributed by atoms with van der Waals surface area (Å²) in [5, 5.41) is 0. The summed E-state index contributed by atoms with van der Waals surface area (Å²) < 4.78 is 0. The van der Waals surface area contributed by atoms with Crippen molar-refractivity contribution in [3.63, 3.8) is 0 Å². The van der Waals surface area contributed by atoms with E-state index in [2.05, 4.69) is 6.92 Å². The number of carbonyl (C=O) groups is 1. The molecule has 1 amide bonds. The van der Waals surface area contributed by atoms with E-state index >= 15 is 0 Å². The SMILES string of the molecule is CCCN(CCN)C(=O)CC. The summed E-state index contributed by atoms with van der Waals surface area (Å²) in [5.74, 6) is 0.206. The van der Waals surface area contributed by atoms with Gasteiger partial charge in [-0.1, -0.05) is 13.8 Å². The quantitative estimate of drug-likeness (QED) is 0.636. The molecule has 3 heteroatoms. The van der Waals surface area contributed by atoms with Crippen molar-refractivity contribution in [3.8, 4) is 0 Å². The molecule has 0 saturated heterocycles. The molecule has 0 spiro atoms. The second-order valence-electron chi connectivity index (χ2n) is 2.52. The molecule has 0 aromatic carbocycles. The molecule has 0 rings (SSSR count). The van der Waals surface area contributed by atoms with Gasteiger partial charge in [-0.05, 0) is 6.42 Å². The highest BCUT2D eigenvalue weighted by Crippen LogP contribution is 1.94. The molecule has 0 radical (unpaired) electrons. The number of carbonyl (C=O) groups excluding carboxylic acids is 1. The third kappa shape index (κ3) is 3.98. The highest BCUT2D eigenvalue weighted by molar-refractivity contribution is 5.75. The Morgan fingerprint density at radius 3 is 2.36 bits per heavy atom. The molecule has 0 aliphatic carbocycles. The fourth-order valence-corrected chi connectivity index (χ4v) is 1.01. The van der Waals surface area contributed by atoms with Crippen LogP contribution in [-0.4, -0.2) is 30.4 Å². The van der Waals surface area contributed by atoms with Crippen LogP contribution in [-0.2, 0) is 4.79 Å². The predicted molar refractivity (Wildman–Crippen MR) is 46.2 cm³/mol. The van der Waals surface area contributed by atoms with Crippen LogP contribution in [0, 0.1) is 0 Å². The van der Waals surface area contributed by atoms with Crippen molar-refractivity contribution in [1.29, 1.82) is 0 Å². The van der Waals surface area contributed by atoms with E-state index in [4.69, 9.17) is 5.73 Å². The van der Waals surface area contributed by atoms with Crippen LogP contribution >= 0.6 is 0 Å². The van der Waals surface area contributed by atoms with Gasteiger partial charge in [-0.2, -0.15) is 0 Å². The van der Waals surface area contributed by atoms with Crippen LogP contribution in [0.4, 0.5) is 0 Å². The topological polar surface area (TPSA) is 46.3 Å². The molecule has 0 atom stereocenters. The molecule has 0 fully saturated rings. The van der Waals surface area contributed by atoms with Crippen molar-refractivity contribution in [3.05, 3.63) is 0 Å². The van der Waals surface area contributed by atoms with Crippen LogP contribution in [0.2, 0.25) is 0 Å². The standard InChI is InChI=1S/C8H18N2O/c1-3-6-10(7-5-9)8(11)4-2/h3-7,9H2,1-2H3. The molecule has 66 valence electrons. The van der Waals surface area contributed by atoms with Gasteiger partial charge in [-0.15, -0.1) is 0 Å². The first kappa shape index (κ1) is 10.4. The fraction of sp³-hybridized carbons (Fsp3) is 0.875. The maximum atomic E-state index is 11.2. The van der Waals surface area contributed by atoms with Crippen LogP contribution in [0.15, 0.2) is 0 Å². The Hall–Kier alpha value is -0.570. The van der Waals surface area contributed by atoms with E-state index in [1.807, 2.05) is 11.8 Å². The summed E-state index contributed by atoms with van der Waals surface area (Å²) >= 11 is 0. The van der Waals surface area contributed by atoms with Crippen molar-refractivity contribution >= 4 is 5.91 Å². The van der Waals surface area contributed by atoms with Gasteiger partial charge in [0.2, 0.25) is 5.91 Å². The van der Waals surface area contributed by atoms with Crippen molar-refractivity contribution in [2.24, 2.45) is 5.73 Å². The van der Waals surface area contributed by atoms with Crippen LogP contribution < -0.4 is 5.73 Å². The lowest BCUT2D eigenvalue weighted by molar-refractivity contribution is -0.130. The maximum Gasteiger partial charge on any atom is 0.222 e. The first-order valence-corrected chi connectivity index (χ1v) is 4.24. The van der Waals surface area contributed by atoms with Gasteiger partial charge in [0, 0.05) is 26.1 Å². The van der Waals surface area contributed by atoms with Gasteiger partial charge in [0.15, 0.2) is 0 Å². The van der Waals surface area contributed by atoms with Crippen LogP contribution in [0.5, 0.6) is 0 Å². The Bertz CT molecular complexity index is 109. The molecule has 11 heavy (non-hydrogen) atoms. The number of rotatable bonds is 5. The molecule has 0 unspecified atom stereocenters. The Balaban J connectivity index is 3.76. The Labute approximate surface area is 68.6 Å². The van der Waals surface area contributed by atoms with Crippen LogP contribution in [0.25, 0.3) is 0 Å². The van der Waals surface area contributed by atoms with Crippen molar-refractivity contribution in [2.75, 3.05) is 19.6 Å². The number of hydrogen-bond acceptors (Lipinski definition) is 2. The highest BCUT2D eigenvalue weighted by Gasteiger charge is 2.07. The zero-order valence-electron chi connectivity index (χ0n) is 7.47. The maximum absolute atomic E-state index is 11.2. The summed E-state index contributed by atoms with van der Waals surface area (Å²) in [4.78, 5) is 13.0. The van der Waals surface area contributed by atoms with E-state index in [1.165, 1.54) is 0 Å². The highest BCUT2D eigenvalue weighted by atomic mass is 16.2. The zero-order chi connectivity index (χ0) is 8.69. The lowest BCUT2D eigenvalue weighted by Gasteiger charge is -2.20. The Morgan fingerprint density at radius 2 is 2.00 bits per heavy atom. The summed E-state index contributed by atoms with van der Waals surface area (Å²) in [7, 11) is 0. The largest absolute Gasteiger partial charge is 0.341 e. The van der Waals surface area contributed by atoms with Crippen molar-refractivity contribution < 1.29 is 4.79 Å². The third-order valence-corrected chi connectivity index (χ3v) is 1.55. The smallest absolute Gasteiger partial charge is 0.222 e. The number of nitrogens with two attached hydrogens (primary N) is 1. The van der Waals surface area contributed by atoms with Crippen LogP contribution in [0.3, 0.4) is 0 Å². The van der Waals surface area contributed by atoms with E-state index in [1.54, 1.807) is 0 Å². The van der Waals surface area contributed by atoms with Crippen molar-refractivity contribution in [2.45, 2.75) is 26.7 Å². The van der Waals surface area contributed by atoms with Crippen molar-refractivity contribution in [1.82, 2.24) is 4.90 Å². The summed E-state index contributed by atoms with van der Waals surface area (Å²) in [5.41, 5.74) is 5.36. The number of nitrogens with zero attached hydrogens (tertiary/aromatic N) is 1. The number of amides is 1. The molecular weight excluding hydrogens is 140 g/mol. The average molecular weight is 158 g/mol. The van der Waals surface area contributed by atoms with E-state index in [-0.39, 0.29) is 5.91 Å². The first-order valence-electron chi connectivity index (χ1n) is 4.24. The summed E-state index contributed by atoms with van der Waals surface area (Å²) in [6.45, 7) is 6.03. The second-order valence-corrected chi connectivity index (χ2v) is 2.52. The molecule has 0 aliphatic rings. The lowest BCUT2D eigenvalue weighted by Crippen LogP contribution is -2.35. The number of hydrogen-bond donors (Lipinski definition) is 1. The fourth-order valence-electron chi connectivity index (χ4n) is 1.01. The first-order chi connectivity index (χ1) is 5.26. The monoisotopic (exact) mass is 158 g/mol. The van der Waals surface area contributed by atoms with Gasteiger partial charge in [-0.3, -0.25) is 4.79 Å². The minimum atomic E-state index is 0.206. The van der Waals surface area contributed by atoms with E-state index in [0.717, 1.165) is 13.0 Å². The average Bonchev–Trinajstić information content (AvgIpc) is 2.03. The van der Waals surface area contributed by atoms with Gasteiger partial charge >= 0.3 is 0 Å². The normalized spacial score (nSPS) is 9.73. The second kappa shape index (κ2) is 6.16. The molecule has 0 heterocycles. The van der Waals surface area contributed by atoms with Crippen LogP contribution in [0.1, 0.15) is 26.7 Å². The van der Waals surface area contributed by atoms with E-state index in [0.29, 0.717) is 19.5 Å². The third-order valence-electron chi connectivity index (χ3n) is 1.55. The molecule has 0 saturated carbocycles. The Morgan fingerprint density at radius 1 is 1.36 bits per heavy atom. The minimum absolute atomic E-state index is 0.206. The zero-order valence-corrected chi connectivity index (χ0v) is 7.47.